The van der Waals surface area contributed by atoms with Crippen molar-refractivity contribution in [1.82, 2.24) is 9.80 Å². The minimum atomic E-state index is -0.389. The van der Waals surface area contributed by atoms with Crippen molar-refractivity contribution in [3.8, 4) is 0 Å². The van der Waals surface area contributed by atoms with E-state index in [9.17, 15) is 14.0 Å². The molecule has 0 radical (unpaired) electrons. The molecular weight excluding hydrogens is 343 g/mol. The zero-order valence-corrected chi connectivity index (χ0v) is 16.0. The SMILES string of the molecule is Cc1ccc(CN2CC(C(=O)N(C)C(C)c3ccccc3F)CC2=O)cc1. The maximum absolute atomic E-state index is 14.0. The molecule has 1 fully saturated rings. The highest BCUT2D eigenvalue weighted by molar-refractivity contribution is 5.89. The smallest absolute Gasteiger partial charge is 0.228 e. The molecule has 0 bridgehead atoms. The van der Waals surface area contributed by atoms with E-state index in [4.69, 9.17) is 0 Å². The molecule has 1 saturated heterocycles. The van der Waals surface area contributed by atoms with Gasteiger partial charge in [0.25, 0.3) is 0 Å². The average molecular weight is 368 g/mol. The molecular formula is C22H25FN2O2. The summed E-state index contributed by atoms with van der Waals surface area (Å²) in [6, 6.07) is 14.1. The van der Waals surface area contributed by atoms with Crippen LogP contribution in [0.15, 0.2) is 48.5 Å². The number of hydrogen-bond acceptors (Lipinski definition) is 2. The molecule has 3 rings (SSSR count). The van der Waals surface area contributed by atoms with Crippen LogP contribution in [0.2, 0.25) is 0 Å². The van der Waals surface area contributed by atoms with E-state index in [1.807, 2.05) is 31.2 Å². The van der Waals surface area contributed by atoms with E-state index >= 15 is 0 Å². The summed E-state index contributed by atoms with van der Waals surface area (Å²) in [7, 11) is 1.67. The van der Waals surface area contributed by atoms with Gasteiger partial charge in [0.05, 0.1) is 12.0 Å². The van der Waals surface area contributed by atoms with Crippen molar-refractivity contribution < 1.29 is 14.0 Å². The maximum Gasteiger partial charge on any atom is 0.228 e. The molecule has 2 unspecified atom stereocenters. The van der Waals surface area contributed by atoms with Gasteiger partial charge in [-0.15, -0.1) is 0 Å². The van der Waals surface area contributed by atoms with Crippen molar-refractivity contribution in [2.45, 2.75) is 32.9 Å². The van der Waals surface area contributed by atoms with Crippen LogP contribution in [-0.4, -0.2) is 35.2 Å². The minimum absolute atomic E-state index is 0.0131. The summed E-state index contributed by atoms with van der Waals surface area (Å²) < 4.78 is 14.0. The molecule has 0 N–H and O–H groups in total. The summed E-state index contributed by atoms with van der Waals surface area (Å²) in [6.07, 6.45) is 0.207. The fraction of sp³-hybridized carbons (Fsp3) is 0.364. The Balaban J connectivity index is 1.66. The van der Waals surface area contributed by atoms with Crippen LogP contribution in [0.25, 0.3) is 0 Å². The number of halogens is 1. The number of benzene rings is 2. The Kier molecular flexibility index (Phi) is 5.59. The molecule has 4 nitrogen and oxygen atoms in total. The number of likely N-dealkylation sites (tertiary alicyclic amines) is 1. The Morgan fingerprint density at radius 2 is 1.89 bits per heavy atom. The monoisotopic (exact) mass is 368 g/mol. The van der Waals surface area contributed by atoms with Gasteiger partial charge < -0.3 is 9.80 Å². The number of aryl methyl sites for hydroxylation is 1. The van der Waals surface area contributed by atoms with Crippen molar-refractivity contribution >= 4 is 11.8 Å². The summed E-state index contributed by atoms with van der Waals surface area (Å²) in [4.78, 5) is 28.5. The second kappa shape index (κ2) is 7.91. The van der Waals surface area contributed by atoms with Crippen LogP contribution in [0.4, 0.5) is 4.39 Å². The molecule has 2 atom stereocenters. The zero-order chi connectivity index (χ0) is 19.6. The second-order valence-electron chi connectivity index (χ2n) is 7.31. The van der Waals surface area contributed by atoms with Crippen molar-refractivity contribution in [1.29, 1.82) is 0 Å². The van der Waals surface area contributed by atoms with Crippen LogP contribution in [0.5, 0.6) is 0 Å². The second-order valence-corrected chi connectivity index (χ2v) is 7.31. The molecule has 0 saturated carbocycles. The van der Waals surface area contributed by atoms with E-state index in [1.165, 1.54) is 11.6 Å². The molecule has 1 aliphatic heterocycles. The third-order valence-corrected chi connectivity index (χ3v) is 5.34. The fourth-order valence-electron chi connectivity index (χ4n) is 3.51. The predicted molar refractivity (Wildman–Crippen MR) is 102 cm³/mol. The molecule has 1 aliphatic rings. The Labute approximate surface area is 159 Å². The predicted octanol–water partition coefficient (Wildman–Crippen LogP) is 3.70. The molecule has 2 amide bonds. The molecule has 2 aromatic carbocycles. The van der Waals surface area contributed by atoms with Crippen LogP contribution in [-0.2, 0) is 16.1 Å². The topological polar surface area (TPSA) is 40.6 Å². The Bertz CT molecular complexity index is 834. The van der Waals surface area contributed by atoms with Gasteiger partial charge in [0.2, 0.25) is 11.8 Å². The number of hydrogen-bond donors (Lipinski definition) is 0. The van der Waals surface area contributed by atoms with E-state index in [2.05, 4.69) is 0 Å². The average Bonchev–Trinajstić information content (AvgIpc) is 3.02. The summed E-state index contributed by atoms with van der Waals surface area (Å²) in [6.45, 7) is 4.73. The van der Waals surface area contributed by atoms with Crippen LogP contribution in [0, 0.1) is 18.7 Å². The highest BCUT2D eigenvalue weighted by Crippen LogP contribution is 2.27. The fourth-order valence-corrected chi connectivity index (χ4v) is 3.51. The van der Waals surface area contributed by atoms with Crippen molar-refractivity contribution in [3.63, 3.8) is 0 Å². The first-order chi connectivity index (χ1) is 12.9. The first-order valence-electron chi connectivity index (χ1n) is 9.21. The summed E-state index contributed by atoms with van der Waals surface area (Å²) in [5.74, 6) is -0.846. The normalized spacial score (nSPS) is 17.9. The molecule has 0 aromatic heterocycles. The molecule has 0 aliphatic carbocycles. The van der Waals surface area contributed by atoms with Gasteiger partial charge >= 0.3 is 0 Å². The van der Waals surface area contributed by atoms with Crippen LogP contribution >= 0.6 is 0 Å². The van der Waals surface area contributed by atoms with Crippen LogP contribution in [0.1, 0.15) is 36.1 Å². The van der Waals surface area contributed by atoms with Gasteiger partial charge in [-0.3, -0.25) is 9.59 Å². The first kappa shape index (κ1) is 19.1. The lowest BCUT2D eigenvalue weighted by Crippen LogP contribution is -2.36. The van der Waals surface area contributed by atoms with Gasteiger partial charge in [0.1, 0.15) is 5.82 Å². The lowest BCUT2D eigenvalue weighted by molar-refractivity contribution is -0.136. The highest BCUT2D eigenvalue weighted by Gasteiger charge is 2.37. The van der Waals surface area contributed by atoms with E-state index < -0.39 is 0 Å². The molecule has 27 heavy (non-hydrogen) atoms. The molecule has 5 heteroatoms. The lowest BCUT2D eigenvalue weighted by atomic mass is 10.0. The van der Waals surface area contributed by atoms with E-state index in [0.717, 1.165) is 5.56 Å². The number of carbonyl (C=O) groups excluding carboxylic acids is 2. The van der Waals surface area contributed by atoms with Crippen LogP contribution in [0.3, 0.4) is 0 Å². The van der Waals surface area contributed by atoms with E-state index in [-0.39, 0.29) is 36.0 Å². The Morgan fingerprint density at radius 3 is 2.56 bits per heavy atom. The standard InChI is InChI=1S/C22H25FN2O2/c1-15-8-10-17(11-9-15)13-25-14-18(12-21(25)26)22(27)24(3)16(2)19-6-4-5-7-20(19)23/h4-11,16,18H,12-14H2,1-3H3. The van der Waals surface area contributed by atoms with Crippen molar-refractivity contribution in [2.24, 2.45) is 5.92 Å². The molecule has 142 valence electrons. The number of carbonyl (C=O) groups is 2. The minimum Gasteiger partial charge on any atom is -0.339 e. The largest absolute Gasteiger partial charge is 0.339 e. The van der Waals surface area contributed by atoms with Crippen LogP contribution < -0.4 is 0 Å². The van der Waals surface area contributed by atoms with Gasteiger partial charge in [-0.1, -0.05) is 48.0 Å². The number of nitrogens with zero attached hydrogens (tertiary/aromatic N) is 2. The lowest BCUT2D eigenvalue weighted by Gasteiger charge is -2.28. The van der Waals surface area contributed by atoms with Gasteiger partial charge in [-0.25, -0.2) is 4.39 Å². The van der Waals surface area contributed by atoms with E-state index in [1.54, 1.807) is 42.0 Å². The van der Waals surface area contributed by atoms with Gasteiger partial charge in [-0.05, 0) is 25.5 Å². The Morgan fingerprint density at radius 1 is 1.22 bits per heavy atom. The summed E-state index contributed by atoms with van der Waals surface area (Å²) >= 11 is 0. The van der Waals surface area contributed by atoms with Gasteiger partial charge in [0.15, 0.2) is 0 Å². The maximum atomic E-state index is 14.0. The zero-order valence-electron chi connectivity index (χ0n) is 16.0. The Hall–Kier alpha value is -2.69. The molecule has 0 spiro atoms. The first-order valence-corrected chi connectivity index (χ1v) is 9.21. The highest BCUT2D eigenvalue weighted by atomic mass is 19.1. The quantitative estimate of drug-likeness (QED) is 0.807. The third-order valence-electron chi connectivity index (χ3n) is 5.34. The number of amides is 2. The molecule has 2 aromatic rings. The van der Waals surface area contributed by atoms with Crippen molar-refractivity contribution in [3.05, 3.63) is 71.0 Å². The molecule has 1 heterocycles. The summed E-state index contributed by atoms with van der Waals surface area (Å²) in [5, 5.41) is 0. The number of rotatable bonds is 5. The van der Waals surface area contributed by atoms with E-state index in [0.29, 0.717) is 18.7 Å². The van der Waals surface area contributed by atoms with Crippen molar-refractivity contribution in [2.75, 3.05) is 13.6 Å². The van der Waals surface area contributed by atoms with Gasteiger partial charge in [0, 0.05) is 32.1 Å². The summed E-state index contributed by atoms with van der Waals surface area (Å²) in [5.41, 5.74) is 2.70. The third kappa shape index (κ3) is 4.18. The van der Waals surface area contributed by atoms with Gasteiger partial charge in [-0.2, -0.15) is 0 Å².